The van der Waals surface area contributed by atoms with Crippen LogP contribution in [-0.4, -0.2) is 29.9 Å². The van der Waals surface area contributed by atoms with Crippen molar-refractivity contribution >= 4 is 34.4 Å². The number of rotatable bonds is 6. The maximum atomic E-state index is 12.3. The van der Waals surface area contributed by atoms with E-state index in [1.54, 1.807) is 24.3 Å². The summed E-state index contributed by atoms with van der Waals surface area (Å²) in [5, 5.41) is 16.6. The van der Waals surface area contributed by atoms with E-state index in [9.17, 15) is 23.3 Å². The molecule has 2 N–H and O–H groups in total. The molecule has 144 valence electrons. The highest BCUT2D eigenvalue weighted by molar-refractivity contribution is 7.80. The van der Waals surface area contributed by atoms with Crippen molar-refractivity contribution in [2.45, 2.75) is 6.18 Å². The number of benzene rings is 2. The zero-order valence-electron chi connectivity index (χ0n) is 13.9. The van der Waals surface area contributed by atoms with Gasteiger partial charge in [0.2, 0.25) is 0 Å². The first-order valence-electron chi connectivity index (χ1n) is 7.37. The number of nitrogens with one attached hydrogen (secondary N) is 2. The summed E-state index contributed by atoms with van der Waals surface area (Å²) in [6.45, 7) is -1.57. The number of alkyl halides is 3. The van der Waals surface area contributed by atoms with Crippen molar-refractivity contribution in [1.82, 2.24) is 0 Å². The monoisotopic (exact) mass is 401 g/mol. The van der Waals surface area contributed by atoms with Crippen molar-refractivity contribution in [3.63, 3.8) is 0 Å². The van der Waals surface area contributed by atoms with E-state index in [2.05, 4.69) is 15.4 Å². The van der Waals surface area contributed by atoms with Crippen LogP contribution in [0.5, 0.6) is 11.5 Å². The number of nitrogens with zero attached hydrogens (tertiary/aromatic N) is 1. The normalized spacial score (nSPS) is 10.8. The van der Waals surface area contributed by atoms with E-state index in [-0.39, 0.29) is 16.5 Å². The van der Waals surface area contributed by atoms with Crippen LogP contribution in [0.25, 0.3) is 0 Å². The fourth-order valence-electron chi connectivity index (χ4n) is 1.98. The first-order valence-corrected chi connectivity index (χ1v) is 7.78. The Bertz CT molecular complexity index is 829. The van der Waals surface area contributed by atoms with Crippen molar-refractivity contribution in [1.29, 1.82) is 0 Å². The largest absolute Gasteiger partial charge is 0.497 e. The average Bonchev–Trinajstić information content (AvgIpc) is 2.59. The van der Waals surface area contributed by atoms with Gasteiger partial charge in [-0.2, -0.15) is 13.2 Å². The molecular formula is C16H14F3N3O4S. The van der Waals surface area contributed by atoms with Gasteiger partial charge in [-0.1, -0.05) is 0 Å². The summed E-state index contributed by atoms with van der Waals surface area (Å²) < 4.78 is 46.5. The van der Waals surface area contributed by atoms with Crippen LogP contribution in [-0.2, 0) is 0 Å². The van der Waals surface area contributed by atoms with Crippen LogP contribution >= 0.6 is 12.2 Å². The van der Waals surface area contributed by atoms with Gasteiger partial charge in [-0.3, -0.25) is 10.1 Å². The molecule has 0 spiro atoms. The van der Waals surface area contributed by atoms with E-state index in [0.717, 1.165) is 12.1 Å². The van der Waals surface area contributed by atoms with Crippen LogP contribution in [0.1, 0.15) is 0 Å². The van der Waals surface area contributed by atoms with Gasteiger partial charge in [0.1, 0.15) is 11.5 Å². The molecule has 0 radical (unpaired) electrons. The van der Waals surface area contributed by atoms with Crippen LogP contribution in [0.4, 0.5) is 30.2 Å². The van der Waals surface area contributed by atoms with E-state index in [1.165, 1.54) is 13.2 Å². The van der Waals surface area contributed by atoms with Crippen LogP contribution in [0.2, 0.25) is 0 Å². The van der Waals surface area contributed by atoms with Crippen LogP contribution in [0, 0.1) is 10.1 Å². The second-order valence-corrected chi connectivity index (χ2v) is 5.59. The fourth-order valence-corrected chi connectivity index (χ4v) is 2.21. The third kappa shape index (κ3) is 6.62. The molecule has 0 unspecified atom stereocenters. The summed E-state index contributed by atoms with van der Waals surface area (Å²) in [5.41, 5.74) is 0.282. The quantitative estimate of drug-likeness (QED) is 0.423. The highest BCUT2D eigenvalue weighted by atomic mass is 32.1. The molecule has 0 aliphatic carbocycles. The molecule has 11 heteroatoms. The van der Waals surface area contributed by atoms with E-state index in [4.69, 9.17) is 17.0 Å². The predicted molar refractivity (Wildman–Crippen MR) is 97.5 cm³/mol. The zero-order valence-corrected chi connectivity index (χ0v) is 14.7. The standard InChI is InChI=1S/C16H14F3N3O4S/c1-25-13-4-2-10(3-5-13)20-15(27)21-11-6-12(22(23)24)8-14(7-11)26-9-16(17,18)19/h2-8H,9H2,1H3,(H2,20,21,27). The van der Waals surface area contributed by atoms with E-state index in [1.807, 2.05) is 0 Å². The summed E-state index contributed by atoms with van der Waals surface area (Å²) in [4.78, 5) is 10.2. The molecule has 2 aromatic carbocycles. The molecule has 0 amide bonds. The smallest absolute Gasteiger partial charge is 0.422 e. The Morgan fingerprint density at radius 3 is 2.30 bits per heavy atom. The lowest BCUT2D eigenvalue weighted by atomic mass is 10.2. The molecule has 0 atom stereocenters. The Kier molecular flexibility index (Phi) is 6.40. The number of hydrogen-bond donors (Lipinski definition) is 2. The lowest BCUT2D eigenvalue weighted by molar-refractivity contribution is -0.384. The molecule has 0 saturated heterocycles. The van der Waals surface area contributed by atoms with E-state index >= 15 is 0 Å². The Balaban J connectivity index is 2.11. The second kappa shape index (κ2) is 8.54. The number of nitro groups is 1. The summed E-state index contributed by atoms with van der Waals surface area (Å²) in [7, 11) is 1.52. The molecular weight excluding hydrogens is 387 g/mol. The van der Waals surface area contributed by atoms with Crippen molar-refractivity contribution in [3.8, 4) is 11.5 Å². The number of ether oxygens (including phenoxy) is 2. The molecule has 0 saturated carbocycles. The zero-order chi connectivity index (χ0) is 20.0. The molecule has 7 nitrogen and oxygen atoms in total. The topological polar surface area (TPSA) is 85.7 Å². The molecule has 2 aromatic rings. The van der Waals surface area contributed by atoms with Crippen LogP contribution < -0.4 is 20.1 Å². The minimum Gasteiger partial charge on any atom is -0.497 e. The summed E-state index contributed by atoms with van der Waals surface area (Å²) >= 11 is 5.11. The average molecular weight is 401 g/mol. The van der Waals surface area contributed by atoms with Gasteiger partial charge < -0.3 is 20.1 Å². The van der Waals surface area contributed by atoms with Crippen molar-refractivity contribution in [2.75, 3.05) is 24.4 Å². The molecule has 27 heavy (non-hydrogen) atoms. The Hall–Kier alpha value is -3.08. The maximum Gasteiger partial charge on any atom is 0.422 e. The molecule has 0 aliphatic rings. The van der Waals surface area contributed by atoms with Gasteiger partial charge in [-0.05, 0) is 36.5 Å². The molecule has 2 rings (SSSR count). The highest BCUT2D eigenvalue weighted by Gasteiger charge is 2.28. The molecule has 0 bridgehead atoms. The van der Waals surface area contributed by atoms with Gasteiger partial charge in [-0.15, -0.1) is 0 Å². The van der Waals surface area contributed by atoms with Crippen LogP contribution in [0.15, 0.2) is 42.5 Å². The number of halogens is 3. The van der Waals surface area contributed by atoms with Gasteiger partial charge in [0.15, 0.2) is 11.7 Å². The summed E-state index contributed by atoms with van der Waals surface area (Å²) in [6, 6.07) is 9.99. The van der Waals surface area contributed by atoms with Gasteiger partial charge in [0.25, 0.3) is 5.69 Å². The maximum absolute atomic E-state index is 12.3. The van der Waals surface area contributed by atoms with Crippen molar-refractivity contribution in [3.05, 3.63) is 52.6 Å². The SMILES string of the molecule is COc1ccc(NC(=S)Nc2cc(OCC(F)(F)F)cc([N+](=O)[O-])c2)cc1. The third-order valence-electron chi connectivity index (χ3n) is 3.11. The fraction of sp³-hybridized carbons (Fsp3) is 0.188. The number of anilines is 2. The Morgan fingerprint density at radius 1 is 1.11 bits per heavy atom. The van der Waals surface area contributed by atoms with Gasteiger partial charge in [0.05, 0.1) is 23.8 Å². The van der Waals surface area contributed by atoms with E-state index < -0.39 is 23.4 Å². The lowest BCUT2D eigenvalue weighted by Gasteiger charge is -2.13. The number of hydrogen-bond acceptors (Lipinski definition) is 5. The van der Waals surface area contributed by atoms with E-state index in [0.29, 0.717) is 11.4 Å². The number of thiocarbonyl (C=S) groups is 1. The third-order valence-corrected chi connectivity index (χ3v) is 3.31. The number of nitro benzene ring substituents is 1. The molecule has 0 aliphatic heterocycles. The van der Waals surface area contributed by atoms with Crippen molar-refractivity contribution < 1.29 is 27.6 Å². The molecule has 0 fully saturated rings. The molecule has 0 heterocycles. The van der Waals surface area contributed by atoms with Crippen LogP contribution in [0.3, 0.4) is 0 Å². The van der Waals surface area contributed by atoms with Gasteiger partial charge >= 0.3 is 6.18 Å². The van der Waals surface area contributed by atoms with Crippen molar-refractivity contribution in [2.24, 2.45) is 0 Å². The summed E-state index contributed by atoms with van der Waals surface area (Å²) in [5.74, 6) is 0.334. The Labute approximate surface area is 157 Å². The molecule has 0 aromatic heterocycles. The first kappa shape index (κ1) is 20.2. The highest BCUT2D eigenvalue weighted by Crippen LogP contribution is 2.28. The minimum absolute atomic E-state index is 0.0856. The van der Waals surface area contributed by atoms with Gasteiger partial charge in [-0.25, -0.2) is 0 Å². The predicted octanol–water partition coefficient (Wildman–Crippen LogP) is 4.35. The number of non-ortho nitro benzene ring substituents is 1. The minimum atomic E-state index is -4.57. The Morgan fingerprint density at radius 2 is 1.74 bits per heavy atom. The number of methoxy groups -OCH3 is 1. The summed E-state index contributed by atoms with van der Waals surface area (Å²) in [6.07, 6.45) is -4.57. The van der Waals surface area contributed by atoms with Gasteiger partial charge in [0, 0.05) is 17.8 Å². The lowest BCUT2D eigenvalue weighted by Crippen LogP contribution is -2.20. The first-order chi connectivity index (χ1) is 12.7. The second-order valence-electron chi connectivity index (χ2n) is 5.18.